The first kappa shape index (κ1) is 22.9. The van der Waals surface area contributed by atoms with Crippen LogP contribution in [0, 0.1) is 0 Å². The molecule has 0 aliphatic carbocycles. The normalized spacial score (nSPS) is 7.38. The number of rotatable bonds is 0. The van der Waals surface area contributed by atoms with E-state index in [9.17, 15) is 0 Å². The maximum Gasteiger partial charge on any atom is 2.00 e. The van der Waals surface area contributed by atoms with Crippen LogP contribution in [0.4, 0.5) is 0 Å². The van der Waals surface area contributed by atoms with Gasteiger partial charge in [0, 0.05) is 0 Å². The minimum Gasteiger partial charge on any atom is -0.870 e. The smallest absolute Gasteiger partial charge is 0.870 e. The van der Waals surface area contributed by atoms with Gasteiger partial charge in [0.1, 0.15) is 0 Å². The van der Waals surface area contributed by atoms with Crippen molar-refractivity contribution in [2.45, 2.75) is 0 Å². The van der Waals surface area contributed by atoms with Gasteiger partial charge in [-0.25, -0.2) is 0 Å². The molecule has 1 radical (unpaired) electrons. The first-order chi connectivity index (χ1) is 2.00. The summed E-state index contributed by atoms with van der Waals surface area (Å²) in [5.41, 5.74) is 0. The van der Waals surface area contributed by atoms with E-state index in [1.54, 1.807) is 0 Å². The van der Waals surface area contributed by atoms with E-state index < -0.39 is 7.82 Å². The summed E-state index contributed by atoms with van der Waals surface area (Å²) in [5, 5.41) is 0. The Morgan fingerprint density at radius 3 is 1.12 bits per heavy atom. The van der Waals surface area contributed by atoms with Crippen molar-refractivity contribution in [2.24, 2.45) is 0 Å². The van der Waals surface area contributed by atoms with Crippen LogP contribution in [0.2, 0.25) is 0 Å². The van der Waals surface area contributed by atoms with Gasteiger partial charge in [-0.3, -0.25) is 0 Å². The van der Waals surface area contributed by atoms with Crippen LogP contribution in [0.25, 0.3) is 0 Å². The average molecular weight is 241 g/mol. The standard InChI is InChI=1S/Cu.H3O4P.H2O.Zn/c;1-5(2,3)4;;/h;(H3,1,2,3,4);1H2;/q+2;;;+2/p-4. The fraction of sp³-hybridized carbons (Fsp3) is 0. The summed E-state index contributed by atoms with van der Waals surface area (Å²) in [6.07, 6.45) is 0. The minimum absolute atomic E-state index is 0. The van der Waals surface area contributed by atoms with E-state index in [0.29, 0.717) is 0 Å². The SMILES string of the molecule is O=P([O-])([O-])[O-].[Cu+2].[OH-].[Zn+2]. The van der Waals surface area contributed by atoms with E-state index in [-0.39, 0.29) is 42.0 Å². The first-order valence-corrected chi connectivity index (χ1v) is 2.19. The summed E-state index contributed by atoms with van der Waals surface area (Å²) in [6.45, 7) is 0. The second kappa shape index (κ2) is 8.21. The fourth-order valence-corrected chi connectivity index (χ4v) is 0. The van der Waals surface area contributed by atoms with Gasteiger partial charge in [-0.1, -0.05) is 0 Å². The third-order valence-corrected chi connectivity index (χ3v) is 0. The summed E-state index contributed by atoms with van der Waals surface area (Å²) in [5.74, 6) is 0. The van der Waals surface area contributed by atoms with E-state index >= 15 is 0 Å². The van der Waals surface area contributed by atoms with Crippen molar-refractivity contribution in [3.8, 4) is 0 Å². The second-order valence-electron chi connectivity index (χ2n) is 0.447. The van der Waals surface area contributed by atoms with Gasteiger partial charge in [-0.2, -0.15) is 7.82 Å². The monoisotopic (exact) mass is 239 g/mol. The molecule has 0 aromatic rings. The zero-order valence-corrected chi connectivity index (χ0v) is 8.34. The molecule has 0 amide bonds. The third-order valence-electron chi connectivity index (χ3n) is 0. The van der Waals surface area contributed by atoms with Crippen LogP contribution in [0.15, 0.2) is 0 Å². The zero-order valence-electron chi connectivity index (χ0n) is 3.54. The van der Waals surface area contributed by atoms with Gasteiger partial charge >= 0.3 is 36.5 Å². The third kappa shape index (κ3) is 189. The van der Waals surface area contributed by atoms with Gasteiger partial charge in [0.2, 0.25) is 0 Å². The molecule has 8 heavy (non-hydrogen) atoms. The van der Waals surface area contributed by atoms with Crippen molar-refractivity contribution in [2.75, 3.05) is 0 Å². The fourth-order valence-electron chi connectivity index (χ4n) is 0. The molecule has 0 heterocycles. The van der Waals surface area contributed by atoms with Crippen LogP contribution in [0.1, 0.15) is 0 Å². The Kier molecular flexibility index (Phi) is 23.5. The van der Waals surface area contributed by atoms with Crippen LogP contribution in [0.3, 0.4) is 0 Å². The molecule has 0 aliphatic rings. The zero-order chi connectivity index (χ0) is 4.50. The molecule has 8 heteroatoms. The summed E-state index contributed by atoms with van der Waals surface area (Å²) in [6, 6.07) is 0. The van der Waals surface area contributed by atoms with Crippen molar-refractivity contribution < 1.29 is 61.3 Å². The van der Waals surface area contributed by atoms with Gasteiger partial charge in [0.25, 0.3) is 0 Å². The van der Waals surface area contributed by atoms with Gasteiger partial charge in [0.15, 0.2) is 0 Å². The summed E-state index contributed by atoms with van der Waals surface area (Å²) in [4.78, 5) is 25.6. The number of hydrogen-bond acceptors (Lipinski definition) is 5. The van der Waals surface area contributed by atoms with Gasteiger partial charge in [0.05, 0.1) is 0 Å². The predicted octanol–water partition coefficient (Wildman–Crippen LogP) is -3.01. The molecule has 5 nitrogen and oxygen atoms in total. The summed E-state index contributed by atoms with van der Waals surface area (Å²) < 4.78 is 8.55. The molecule has 0 saturated carbocycles. The molecular formula is HCuO5PZn. The maximum absolute atomic E-state index is 8.55. The van der Waals surface area contributed by atoms with Crippen LogP contribution in [-0.4, -0.2) is 5.48 Å². The number of phosphoric acid groups is 1. The molecule has 1 N–H and O–H groups in total. The van der Waals surface area contributed by atoms with Crippen LogP contribution >= 0.6 is 7.82 Å². The molecule has 0 rings (SSSR count). The summed E-state index contributed by atoms with van der Waals surface area (Å²) in [7, 11) is -5.39. The molecule has 0 aliphatic heterocycles. The molecule has 0 spiro atoms. The van der Waals surface area contributed by atoms with Gasteiger partial charge in [-0.05, 0) is 0 Å². The average Bonchev–Trinajstić information content (AvgIpc) is 0.722. The molecule has 49 valence electrons. The molecule has 0 atom stereocenters. The Labute approximate surface area is 69.3 Å². The molecule has 0 aromatic carbocycles. The van der Waals surface area contributed by atoms with Crippen molar-refractivity contribution in [1.29, 1.82) is 0 Å². The molecule has 0 saturated heterocycles. The number of hydrogen-bond donors (Lipinski definition) is 0. The quantitative estimate of drug-likeness (QED) is 0.330. The van der Waals surface area contributed by atoms with Crippen LogP contribution in [-0.2, 0) is 41.1 Å². The van der Waals surface area contributed by atoms with Crippen LogP contribution < -0.4 is 14.7 Å². The van der Waals surface area contributed by atoms with E-state index in [4.69, 9.17) is 19.2 Å². The Balaban J connectivity index is -0.0000000267. The minimum atomic E-state index is -5.39. The first-order valence-electron chi connectivity index (χ1n) is 0.730. The van der Waals surface area contributed by atoms with Crippen molar-refractivity contribution in [3.63, 3.8) is 0 Å². The van der Waals surface area contributed by atoms with E-state index in [2.05, 4.69) is 0 Å². The van der Waals surface area contributed by atoms with E-state index in [1.165, 1.54) is 0 Å². The van der Waals surface area contributed by atoms with Crippen molar-refractivity contribution in [1.82, 2.24) is 0 Å². The molecule has 0 unspecified atom stereocenters. The van der Waals surface area contributed by atoms with E-state index in [1.807, 2.05) is 0 Å². The van der Waals surface area contributed by atoms with Gasteiger partial charge < -0.3 is 24.7 Å². The van der Waals surface area contributed by atoms with Crippen molar-refractivity contribution >= 4 is 7.82 Å². The van der Waals surface area contributed by atoms with Gasteiger partial charge in [-0.15, -0.1) is 0 Å². The maximum atomic E-state index is 8.55. The molecule has 0 bridgehead atoms. The second-order valence-corrected chi connectivity index (χ2v) is 1.34. The summed E-state index contributed by atoms with van der Waals surface area (Å²) >= 11 is 0. The van der Waals surface area contributed by atoms with Crippen molar-refractivity contribution in [3.05, 3.63) is 0 Å². The Bertz CT molecular complexity index is 58.6. The van der Waals surface area contributed by atoms with Crippen LogP contribution in [0.5, 0.6) is 0 Å². The predicted molar refractivity (Wildman–Crippen MR) is 9.54 cm³/mol. The largest absolute Gasteiger partial charge is 2.00 e. The molecule has 0 fully saturated rings. The topological polar surface area (TPSA) is 116 Å². The Hall–Kier alpha value is 1.21. The van der Waals surface area contributed by atoms with E-state index in [0.717, 1.165) is 0 Å². The Morgan fingerprint density at radius 1 is 1.12 bits per heavy atom. The molecule has 0 aromatic heterocycles. The Morgan fingerprint density at radius 2 is 1.12 bits per heavy atom. The molecular weight excluding hydrogens is 240 g/mol.